The van der Waals surface area contributed by atoms with Gasteiger partial charge in [0, 0.05) is 5.92 Å². The van der Waals surface area contributed by atoms with Crippen LogP contribution in [0, 0.1) is 5.92 Å². The Bertz CT molecular complexity index is 1090. The van der Waals surface area contributed by atoms with Crippen LogP contribution in [0.2, 0.25) is 0 Å². The van der Waals surface area contributed by atoms with Crippen molar-refractivity contribution in [2.24, 2.45) is 5.92 Å². The fourth-order valence-electron chi connectivity index (χ4n) is 4.58. The summed E-state index contributed by atoms with van der Waals surface area (Å²) in [6.07, 6.45) is 14.3. The lowest BCUT2D eigenvalue weighted by Crippen LogP contribution is -2.34. The van der Waals surface area contributed by atoms with Gasteiger partial charge in [0.15, 0.2) is 0 Å². The first-order valence-corrected chi connectivity index (χ1v) is 9.69. The van der Waals surface area contributed by atoms with Crippen LogP contribution >= 0.6 is 0 Å². The zero-order valence-electron chi connectivity index (χ0n) is 15.5. The number of hydrogen-bond donors (Lipinski definition) is 0. The maximum absolute atomic E-state index is 2.46. The summed E-state index contributed by atoms with van der Waals surface area (Å²) in [6.45, 7) is 4.54. The average Bonchev–Trinajstić information content (AvgIpc) is 2.69. The molecule has 0 nitrogen and oxygen atoms in total. The third-order valence-electron chi connectivity index (χ3n) is 6.25. The van der Waals surface area contributed by atoms with Gasteiger partial charge in [-0.25, -0.2) is 0 Å². The van der Waals surface area contributed by atoms with Crippen LogP contribution < -0.4 is 10.4 Å². The summed E-state index contributed by atoms with van der Waals surface area (Å²) in [5.74, 6) is 1.04. The summed E-state index contributed by atoms with van der Waals surface area (Å²) >= 11 is 0. The Kier molecular flexibility index (Phi) is 3.60. The molecule has 2 atom stereocenters. The van der Waals surface area contributed by atoms with Crippen molar-refractivity contribution in [1.82, 2.24) is 0 Å². The van der Waals surface area contributed by atoms with Gasteiger partial charge < -0.3 is 0 Å². The van der Waals surface area contributed by atoms with E-state index in [4.69, 9.17) is 0 Å². The molecule has 3 aliphatic carbocycles. The molecule has 128 valence electrons. The van der Waals surface area contributed by atoms with E-state index in [1.165, 1.54) is 38.3 Å². The van der Waals surface area contributed by atoms with Crippen LogP contribution in [0.4, 0.5) is 0 Å². The Hall–Kier alpha value is -2.60. The van der Waals surface area contributed by atoms with Gasteiger partial charge in [0.2, 0.25) is 0 Å². The van der Waals surface area contributed by atoms with Gasteiger partial charge >= 0.3 is 0 Å². The molecule has 26 heavy (non-hydrogen) atoms. The standard InChI is InChI=1S/C26H24/c1-17-14-21-9-12-24-23-11-8-20(19-6-4-3-5-7-19)16-22(23)10-13-25(24)26(21)15-18(17)2/h3-9,11-15,18,20H,10,16H2,1-2H3. The normalized spacial score (nSPS) is 23.2. The fraction of sp³-hybridized carbons (Fsp3) is 0.231. The quantitative estimate of drug-likeness (QED) is 0.671. The SMILES string of the molecule is CC1=Cc2ccc3c(c2=CC1C)=CCC1=C3C=CC(c2ccccc2)C1. The summed E-state index contributed by atoms with van der Waals surface area (Å²) in [6, 6.07) is 15.5. The molecule has 0 amide bonds. The van der Waals surface area contributed by atoms with Crippen molar-refractivity contribution < 1.29 is 0 Å². The zero-order chi connectivity index (χ0) is 17.7. The van der Waals surface area contributed by atoms with Crippen LogP contribution in [0.25, 0.3) is 23.8 Å². The fourth-order valence-corrected chi connectivity index (χ4v) is 4.58. The van der Waals surface area contributed by atoms with Crippen molar-refractivity contribution in [2.75, 3.05) is 0 Å². The van der Waals surface area contributed by atoms with E-state index >= 15 is 0 Å². The van der Waals surface area contributed by atoms with Crippen LogP contribution in [-0.2, 0) is 0 Å². The third kappa shape index (κ3) is 2.44. The molecule has 0 radical (unpaired) electrons. The van der Waals surface area contributed by atoms with Crippen LogP contribution in [0.5, 0.6) is 0 Å². The Balaban J connectivity index is 1.58. The average molecular weight is 336 g/mol. The Labute approximate surface area is 155 Å². The van der Waals surface area contributed by atoms with Crippen LogP contribution in [-0.4, -0.2) is 0 Å². The Morgan fingerprint density at radius 2 is 1.81 bits per heavy atom. The van der Waals surface area contributed by atoms with Gasteiger partial charge in [-0.15, -0.1) is 0 Å². The topological polar surface area (TPSA) is 0 Å². The van der Waals surface area contributed by atoms with Crippen molar-refractivity contribution >= 4 is 23.8 Å². The van der Waals surface area contributed by atoms with Crippen LogP contribution in [0.3, 0.4) is 0 Å². The van der Waals surface area contributed by atoms with E-state index in [0.29, 0.717) is 11.8 Å². The molecule has 0 heterocycles. The third-order valence-corrected chi connectivity index (χ3v) is 6.25. The van der Waals surface area contributed by atoms with E-state index in [-0.39, 0.29) is 0 Å². The molecule has 0 saturated heterocycles. The molecule has 5 rings (SSSR count). The van der Waals surface area contributed by atoms with Crippen molar-refractivity contribution in [3.8, 4) is 0 Å². The number of benzene rings is 2. The molecular formula is C26H24. The molecule has 0 spiro atoms. The minimum absolute atomic E-state index is 0.514. The molecule has 3 aliphatic rings. The Morgan fingerprint density at radius 3 is 2.65 bits per heavy atom. The summed E-state index contributed by atoms with van der Waals surface area (Å²) in [5.41, 5.74) is 8.73. The maximum atomic E-state index is 2.46. The van der Waals surface area contributed by atoms with Gasteiger partial charge in [-0.3, -0.25) is 0 Å². The highest BCUT2D eigenvalue weighted by Gasteiger charge is 2.22. The van der Waals surface area contributed by atoms with E-state index in [1.54, 1.807) is 5.57 Å². The monoisotopic (exact) mass is 336 g/mol. The molecule has 0 aromatic heterocycles. The van der Waals surface area contributed by atoms with Gasteiger partial charge in [-0.2, -0.15) is 0 Å². The highest BCUT2D eigenvalue weighted by molar-refractivity contribution is 5.83. The van der Waals surface area contributed by atoms with Gasteiger partial charge in [0.05, 0.1) is 0 Å². The van der Waals surface area contributed by atoms with Gasteiger partial charge in [0.1, 0.15) is 0 Å². The van der Waals surface area contributed by atoms with E-state index in [1.807, 2.05) is 0 Å². The lowest BCUT2D eigenvalue weighted by atomic mass is 9.78. The molecule has 0 heteroatoms. The van der Waals surface area contributed by atoms with Gasteiger partial charge in [-0.05, 0) is 58.4 Å². The number of hydrogen-bond acceptors (Lipinski definition) is 0. The number of rotatable bonds is 1. The van der Waals surface area contributed by atoms with E-state index in [9.17, 15) is 0 Å². The molecule has 0 aliphatic heterocycles. The molecule has 0 saturated carbocycles. The molecule has 2 aromatic rings. The molecule has 2 aromatic carbocycles. The summed E-state index contributed by atoms with van der Waals surface area (Å²) in [7, 11) is 0. The predicted molar refractivity (Wildman–Crippen MR) is 112 cm³/mol. The van der Waals surface area contributed by atoms with Gasteiger partial charge in [-0.1, -0.05) is 90.9 Å². The van der Waals surface area contributed by atoms with Crippen LogP contribution in [0.1, 0.15) is 49.3 Å². The highest BCUT2D eigenvalue weighted by atomic mass is 14.3. The lowest BCUT2D eigenvalue weighted by molar-refractivity contribution is 0.802. The minimum Gasteiger partial charge on any atom is -0.0761 e. The predicted octanol–water partition coefficient (Wildman–Crippen LogP) is 5.20. The number of allylic oxidation sites excluding steroid dienone is 5. The second-order valence-electron chi connectivity index (χ2n) is 7.88. The molecule has 0 fully saturated rings. The first-order valence-electron chi connectivity index (χ1n) is 9.69. The zero-order valence-corrected chi connectivity index (χ0v) is 15.5. The molecular weight excluding hydrogens is 312 g/mol. The van der Waals surface area contributed by atoms with Crippen LogP contribution in [0.15, 0.2) is 65.8 Å². The van der Waals surface area contributed by atoms with Crippen molar-refractivity contribution in [1.29, 1.82) is 0 Å². The highest BCUT2D eigenvalue weighted by Crippen LogP contribution is 2.37. The van der Waals surface area contributed by atoms with Gasteiger partial charge in [0.25, 0.3) is 0 Å². The number of fused-ring (bicyclic) bond motifs is 4. The first kappa shape index (κ1) is 15.6. The molecule has 0 bridgehead atoms. The molecule has 2 unspecified atom stereocenters. The Morgan fingerprint density at radius 1 is 0.962 bits per heavy atom. The van der Waals surface area contributed by atoms with E-state index < -0.39 is 0 Å². The summed E-state index contributed by atoms with van der Waals surface area (Å²) in [4.78, 5) is 0. The molecule has 0 N–H and O–H groups in total. The maximum Gasteiger partial charge on any atom is 0.00589 e. The second-order valence-corrected chi connectivity index (χ2v) is 7.88. The van der Waals surface area contributed by atoms with E-state index in [0.717, 1.165) is 12.8 Å². The lowest BCUT2D eigenvalue weighted by Gasteiger charge is -2.26. The first-order chi connectivity index (χ1) is 12.7. The van der Waals surface area contributed by atoms with Crippen molar-refractivity contribution in [2.45, 2.75) is 32.6 Å². The van der Waals surface area contributed by atoms with Crippen molar-refractivity contribution in [3.05, 3.63) is 92.9 Å². The second kappa shape index (κ2) is 5.99. The minimum atomic E-state index is 0.514. The smallest absolute Gasteiger partial charge is 0.00589 e. The summed E-state index contributed by atoms with van der Waals surface area (Å²) in [5, 5.41) is 2.88. The summed E-state index contributed by atoms with van der Waals surface area (Å²) < 4.78 is 0. The van der Waals surface area contributed by atoms with E-state index in [2.05, 4.69) is 86.7 Å². The largest absolute Gasteiger partial charge is 0.0761 e. The van der Waals surface area contributed by atoms with Crippen molar-refractivity contribution in [3.63, 3.8) is 0 Å².